The van der Waals surface area contributed by atoms with Crippen LogP contribution in [0.2, 0.25) is 0 Å². The maximum absolute atomic E-state index is 12.4. The summed E-state index contributed by atoms with van der Waals surface area (Å²) in [5, 5.41) is 5.51. The quantitative estimate of drug-likeness (QED) is 0.674. The van der Waals surface area contributed by atoms with Crippen LogP contribution in [0.4, 0.5) is 24.5 Å². The van der Waals surface area contributed by atoms with Gasteiger partial charge >= 0.3 is 6.18 Å². The molecule has 0 radical (unpaired) electrons. The Balaban J connectivity index is 1.96. The fourth-order valence-corrected chi connectivity index (χ4v) is 3.06. The van der Waals surface area contributed by atoms with Gasteiger partial charge in [-0.05, 0) is 30.3 Å². The van der Waals surface area contributed by atoms with Gasteiger partial charge in [0.2, 0.25) is 5.91 Å². The van der Waals surface area contributed by atoms with Gasteiger partial charge in [0.1, 0.15) is 0 Å². The van der Waals surface area contributed by atoms with Crippen molar-refractivity contribution >= 4 is 35.0 Å². The lowest BCUT2D eigenvalue weighted by molar-refractivity contribution is -0.114. The molecule has 0 bridgehead atoms. The maximum atomic E-state index is 12.4. The second kappa shape index (κ2) is 9.50. The predicted octanol–water partition coefficient (Wildman–Crippen LogP) is 4.09. The standard InChI is InChI=1S/C19H20F3N3O2S/c1-25(2)18(27)13-6-5-7-14(10-13)24-17(26)11-23-15-8-3-4-9-16(15)28-12-19(20,21)22/h3-10,23H,11-12H2,1-2H3,(H,24,26). The fraction of sp³-hybridized carbons (Fsp3) is 0.263. The average Bonchev–Trinajstić information content (AvgIpc) is 2.64. The number of nitrogens with zero attached hydrogens (tertiary/aromatic N) is 1. The number of halogens is 3. The van der Waals surface area contributed by atoms with Gasteiger partial charge in [-0.1, -0.05) is 18.2 Å². The van der Waals surface area contributed by atoms with Crippen molar-refractivity contribution in [3.05, 3.63) is 54.1 Å². The molecule has 0 saturated carbocycles. The number of hydrogen-bond donors (Lipinski definition) is 2. The first-order valence-electron chi connectivity index (χ1n) is 8.30. The first kappa shape index (κ1) is 21.6. The molecule has 2 rings (SSSR count). The first-order valence-corrected chi connectivity index (χ1v) is 9.28. The normalized spacial score (nSPS) is 11.0. The maximum Gasteiger partial charge on any atom is 0.398 e. The van der Waals surface area contributed by atoms with Gasteiger partial charge in [-0.25, -0.2) is 0 Å². The zero-order valence-corrected chi connectivity index (χ0v) is 16.2. The third kappa shape index (κ3) is 6.80. The van der Waals surface area contributed by atoms with Crippen LogP contribution in [0.25, 0.3) is 0 Å². The molecule has 2 aromatic rings. The lowest BCUT2D eigenvalue weighted by Gasteiger charge is -2.14. The van der Waals surface area contributed by atoms with Crippen molar-refractivity contribution in [1.29, 1.82) is 0 Å². The lowest BCUT2D eigenvalue weighted by atomic mass is 10.2. The van der Waals surface area contributed by atoms with Gasteiger partial charge in [0, 0.05) is 35.9 Å². The Morgan fingerprint density at radius 1 is 1.07 bits per heavy atom. The minimum Gasteiger partial charge on any atom is -0.375 e. The summed E-state index contributed by atoms with van der Waals surface area (Å²) in [7, 11) is 3.26. The Morgan fingerprint density at radius 2 is 1.79 bits per heavy atom. The summed E-state index contributed by atoms with van der Waals surface area (Å²) in [5.41, 5.74) is 1.34. The lowest BCUT2D eigenvalue weighted by Crippen LogP contribution is -2.23. The average molecular weight is 411 g/mol. The third-order valence-electron chi connectivity index (χ3n) is 3.52. The number of alkyl halides is 3. The van der Waals surface area contributed by atoms with E-state index in [1.165, 1.54) is 4.90 Å². The molecule has 28 heavy (non-hydrogen) atoms. The number of nitrogens with one attached hydrogen (secondary N) is 2. The van der Waals surface area contributed by atoms with Gasteiger partial charge in [0.05, 0.1) is 12.3 Å². The van der Waals surface area contributed by atoms with Crippen LogP contribution in [0.5, 0.6) is 0 Å². The van der Waals surface area contributed by atoms with Crippen molar-refractivity contribution in [2.75, 3.05) is 37.0 Å². The van der Waals surface area contributed by atoms with Crippen molar-refractivity contribution in [3.8, 4) is 0 Å². The largest absolute Gasteiger partial charge is 0.398 e. The van der Waals surface area contributed by atoms with E-state index in [-0.39, 0.29) is 18.4 Å². The Hall–Kier alpha value is -2.68. The highest BCUT2D eigenvalue weighted by molar-refractivity contribution is 7.99. The number of amides is 2. The summed E-state index contributed by atoms with van der Waals surface area (Å²) in [6.45, 7) is -0.130. The Bertz CT molecular complexity index is 841. The number of hydrogen-bond acceptors (Lipinski definition) is 4. The van der Waals surface area contributed by atoms with Crippen LogP contribution in [-0.4, -0.2) is 49.3 Å². The number of rotatable bonds is 7. The number of anilines is 2. The molecule has 0 unspecified atom stereocenters. The Morgan fingerprint density at radius 3 is 2.46 bits per heavy atom. The van der Waals surface area contributed by atoms with Crippen molar-refractivity contribution in [3.63, 3.8) is 0 Å². The van der Waals surface area contributed by atoms with E-state index in [2.05, 4.69) is 10.6 Å². The van der Waals surface area contributed by atoms with Gasteiger partial charge in [-0.15, -0.1) is 11.8 Å². The molecule has 0 spiro atoms. The summed E-state index contributed by atoms with van der Waals surface area (Å²) in [6.07, 6.45) is -4.27. The van der Waals surface area contributed by atoms with E-state index in [0.717, 1.165) is 0 Å². The van der Waals surface area contributed by atoms with Gasteiger partial charge in [-0.3, -0.25) is 9.59 Å². The van der Waals surface area contributed by atoms with Crippen LogP contribution in [-0.2, 0) is 4.79 Å². The van der Waals surface area contributed by atoms with Crippen molar-refractivity contribution < 1.29 is 22.8 Å². The molecule has 2 aromatic carbocycles. The molecule has 0 aromatic heterocycles. The van der Waals surface area contributed by atoms with Gasteiger partial charge in [-0.2, -0.15) is 13.2 Å². The minimum absolute atomic E-state index is 0.130. The number of thioether (sulfide) groups is 1. The molecule has 0 aliphatic carbocycles. The number of carbonyl (C=O) groups excluding carboxylic acids is 2. The third-order valence-corrected chi connectivity index (χ3v) is 4.66. The highest BCUT2D eigenvalue weighted by Crippen LogP contribution is 2.31. The van der Waals surface area contributed by atoms with Crippen LogP contribution < -0.4 is 10.6 Å². The van der Waals surface area contributed by atoms with Crippen LogP contribution in [0.3, 0.4) is 0 Å². The number of benzene rings is 2. The topological polar surface area (TPSA) is 61.4 Å². The first-order chi connectivity index (χ1) is 13.2. The van der Waals surface area contributed by atoms with E-state index >= 15 is 0 Å². The highest BCUT2D eigenvalue weighted by atomic mass is 32.2. The predicted molar refractivity (Wildman–Crippen MR) is 105 cm³/mol. The molecule has 0 saturated heterocycles. The molecule has 2 amide bonds. The minimum atomic E-state index is -4.27. The molecule has 2 N–H and O–H groups in total. The Kier molecular flexibility index (Phi) is 7.33. The Labute approximate surface area is 165 Å². The molecule has 9 heteroatoms. The van der Waals surface area contributed by atoms with Crippen LogP contribution in [0.1, 0.15) is 10.4 Å². The summed E-state index contributed by atoms with van der Waals surface area (Å²) < 4.78 is 37.3. The van der Waals surface area contributed by atoms with Crippen molar-refractivity contribution in [2.45, 2.75) is 11.1 Å². The van der Waals surface area contributed by atoms with E-state index in [1.54, 1.807) is 62.6 Å². The SMILES string of the molecule is CN(C)C(=O)c1cccc(NC(=O)CNc2ccccc2SCC(F)(F)F)c1. The highest BCUT2D eigenvalue weighted by Gasteiger charge is 2.27. The molecule has 0 heterocycles. The number of para-hydroxylation sites is 1. The smallest absolute Gasteiger partial charge is 0.375 e. The second-order valence-electron chi connectivity index (χ2n) is 6.08. The molecule has 0 aliphatic rings. The number of carbonyl (C=O) groups is 2. The van der Waals surface area contributed by atoms with Crippen molar-refractivity contribution in [1.82, 2.24) is 4.90 Å². The van der Waals surface area contributed by atoms with Gasteiger partial charge < -0.3 is 15.5 Å². The monoisotopic (exact) mass is 411 g/mol. The van der Waals surface area contributed by atoms with Crippen LogP contribution in [0.15, 0.2) is 53.4 Å². The van der Waals surface area contributed by atoms with Crippen LogP contribution in [0, 0.1) is 0 Å². The molecule has 0 atom stereocenters. The molecular weight excluding hydrogens is 391 g/mol. The van der Waals surface area contributed by atoms with Gasteiger partial charge in [0.25, 0.3) is 5.91 Å². The summed E-state index contributed by atoms with van der Waals surface area (Å²) in [4.78, 5) is 26.0. The molecule has 5 nitrogen and oxygen atoms in total. The van der Waals surface area contributed by atoms with E-state index in [9.17, 15) is 22.8 Å². The van der Waals surface area contributed by atoms with E-state index in [0.29, 0.717) is 33.6 Å². The summed E-state index contributed by atoms with van der Waals surface area (Å²) in [5.74, 6) is -1.58. The van der Waals surface area contributed by atoms with Crippen molar-refractivity contribution in [2.24, 2.45) is 0 Å². The fourth-order valence-electron chi connectivity index (χ4n) is 2.27. The summed E-state index contributed by atoms with van der Waals surface area (Å²) >= 11 is 0.656. The van der Waals surface area contributed by atoms with Crippen LogP contribution >= 0.6 is 11.8 Å². The molecule has 150 valence electrons. The zero-order chi connectivity index (χ0) is 20.7. The van der Waals surface area contributed by atoms with E-state index < -0.39 is 11.9 Å². The second-order valence-corrected chi connectivity index (χ2v) is 7.10. The van der Waals surface area contributed by atoms with Gasteiger partial charge in [0.15, 0.2) is 0 Å². The van der Waals surface area contributed by atoms with E-state index in [1.807, 2.05) is 0 Å². The van der Waals surface area contributed by atoms with E-state index in [4.69, 9.17) is 0 Å². The summed E-state index contributed by atoms with van der Waals surface area (Å²) in [6, 6.07) is 13.0. The molecular formula is C19H20F3N3O2S. The molecule has 0 aliphatic heterocycles. The molecule has 0 fully saturated rings. The zero-order valence-electron chi connectivity index (χ0n) is 15.3.